The Bertz CT molecular complexity index is 686. The van der Waals surface area contributed by atoms with Crippen molar-refractivity contribution in [3.05, 3.63) is 53.6 Å². The molecule has 2 aromatic rings. The summed E-state index contributed by atoms with van der Waals surface area (Å²) in [5.74, 6) is -0.510. The molecule has 100 valence electrons. The number of hydrogen-bond donors (Lipinski definition) is 2. The SMILES string of the molecule is CN(c1ccc(C#N)cc1)c1ccc(C(N)=O)cc1N. The molecule has 0 bridgehead atoms. The van der Waals surface area contributed by atoms with E-state index in [4.69, 9.17) is 16.7 Å². The molecule has 0 fully saturated rings. The fraction of sp³-hybridized carbons (Fsp3) is 0.0667. The summed E-state index contributed by atoms with van der Waals surface area (Å²) in [6, 6.07) is 14.1. The summed E-state index contributed by atoms with van der Waals surface area (Å²) in [7, 11) is 1.86. The number of amides is 1. The first-order valence-electron chi connectivity index (χ1n) is 5.96. The number of anilines is 3. The molecule has 0 atom stereocenters. The van der Waals surface area contributed by atoms with Crippen LogP contribution in [0.25, 0.3) is 0 Å². The molecule has 0 spiro atoms. The average molecular weight is 266 g/mol. The predicted molar refractivity (Wildman–Crippen MR) is 78.6 cm³/mol. The van der Waals surface area contributed by atoms with E-state index in [1.165, 1.54) is 0 Å². The molecule has 4 N–H and O–H groups in total. The number of nitriles is 1. The molecule has 0 aliphatic carbocycles. The van der Waals surface area contributed by atoms with E-state index in [-0.39, 0.29) is 0 Å². The lowest BCUT2D eigenvalue weighted by molar-refractivity contribution is 0.100. The number of carbonyl (C=O) groups excluding carboxylic acids is 1. The van der Waals surface area contributed by atoms with Crippen LogP contribution in [0.1, 0.15) is 15.9 Å². The highest BCUT2D eigenvalue weighted by molar-refractivity contribution is 5.95. The standard InChI is InChI=1S/C15H14N4O/c1-19(12-5-2-10(9-16)3-6-12)14-7-4-11(15(18)20)8-13(14)17/h2-8H,17H2,1H3,(H2,18,20). The molecule has 2 aromatic carbocycles. The van der Waals surface area contributed by atoms with Gasteiger partial charge in [0.1, 0.15) is 0 Å². The van der Waals surface area contributed by atoms with Crippen molar-refractivity contribution >= 4 is 23.0 Å². The normalized spacial score (nSPS) is 9.80. The van der Waals surface area contributed by atoms with Crippen molar-refractivity contribution in [2.45, 2.75) is 0 Å². The first-order chi connectivity index (χ1) is 9.52. The van der Waals surface area contributed by atoms with Crippen LogP contribution in [0.2, 0.25) is 0 Å². The van der Waals surface area contributed by atoms with E-state index in [1.54, 1.807) is 30.3 Å². The van der Waals surface area contributed by atoms with Crippen molar-refractivity contribution in [1.29, 1.82) is 5.26 Å². The lowest BCUT2D eigenvalue weighted by atomic mass is 10.1. The zero-order valence-electron chi connectivity index (χ0n) is 11.0. The monoisotopic (exact) mass is 266 g/mol. The van der Waals surface area contributed by atoms with Crippen molar-refractivity contribution in [3.8, 4) is 6.07 Å². The Kier molecular flexibility index (Phi) is 3.58. The number of rotatable bonds is 3. The number of nitrogens with two attached hydrogens (primary N) is 2. The van der Waals surface area contributed by atoms with E-state index >= 15 is 0 Å². The maximum Gasteiger partial charge on any atom is 0.248 e. The molecule has 0 aliphatic heterocycles. The summed E-state index contributed by atoms with van der Waals surface area (Å²) in [6.07, 6.45) is 0. The van der Waals surface area contributed by atoms with Crippen molar-refractivity contribution < 1.29 is 4.79 Å². The maximum atomic E-state index is 11.1. The molecule has 0 aliphatic rings. The molecule has 5 nitrogen and oxygen atoms in total. The summed E-state index contributed by atoms with van der Waals surface area (Å²) in [4.78, 5) is 13.0. The molecule has 0 aromatic heterocycles. The quantitative estimate of drug-likeness (QED) is 0.830. The zero-order chi connectivity index (χ0) is 14.7. The van der Waals surface area contributed by atoms with Crippen molar-refractivity contribution in [3.63, 3.8) is 0 Å². The van der Waals surface area contributed by atoms with Gasteiger partial charge in [-0.15, -0.1) is 0 Å². The lowest BCUT2D eigenvalue weighted by Gasteiger charge is -2.21. The van der Waals surface area contributed by atoms with Gasteiger partial charge in [0.15, 0.2) is 0 Å². The molecular formula is C15H14N4O. The van der Waals surface area contributed by atoms with Crippen LogP contribution in [-0.2, 0) is 0 Å². The second-order valence-electron chi connectivity index (χ2n) is 4.36. The molecule has 0 saturated carbocycles. The molecule has 0 saturated heterocycles. The van der Waals surface area contributed by atoms with Gasteiger partial charge in [-0.05, 0) is 42.5 Å². The molecule has 20 heavy (non-hydrogen) atoms. The molecule has 2 rings (SSSR count). The predicted octanol–water partition coefficient (Wildman–Crippen LogP) is 2.01. The number of nitrogen functional groups attached to an aromatic ring is 1. The number of nitrogens with zero attached hydrogens (tertiary/aromatic N) is 2. The van der Waals surface area contributed by atoms with Crippen LogP contribution in [0, 0.1) is 11.3 Å². The number of hydrogen-bond acceptors (Lipinski definition) is 4. The summed E-state index contributed by atoms with van der Waals surface area (Å²) < 4.78 is 0. The smallest absolute Gasteiger partial charge is 0.248 e. The van der Waals surface area contributed by atoms with Crippen molar-refractivity contribution in [2.24, 2.45) is 5.73 Å². The van der Waals surface area contributed by atoms with Crippen LogP contribution < -0.4 is 16.4 Å². The molecule has 0 heterocycles. The van der Waals surface area contributed by atoms with Crippen LogP contribution in [-0.4, -0.2) is 13.0 Å². The minimum Gasteiger partial charge on any atom is -0.397 e. The molecule has 1 amide bonds. The second kappa shape index (κ2) is 5.33. The third-order valence-electron chi connectivity index (χ3n) is 3.06. The maximum absolute atomic E-state index is 11.1. The lowest BCUT2D eigenvalue weighted by Crippen LogP contribution is -2.14. The van der Waals surface area contributed by atoms with Gasteiger partial charge < -0.3 is 16.4 Å². The Balaban J connectivity index is 2.35. The fourth-order valence-electron chi connectivity index (χ4n) is 1.91. The van der Waals surface area contributed by atoms with Crippen LogP contribution >= 0.6 is 0 Å². The highest BCUT2D eigenvalue weighted by Gasteiger charge is 2.10. The summed E-state index contributed by atoms with van der Waals surface area (Å²) in [5.41, 5.74) is 14.3. The third kappa shape index (κ3) is 2.54. The molecule has 5 heteroatoms. The Morgan fingerprint density at radius 2 is 1.85 bits per heavy atom. The van der Waals surface area contributed by atoms with E-state index < -0.39 is 5.91 Å². The largest absolute Gasteiger partial charge is 0.397 e. The van der Waals surface area contributed by atoms with E-state index in [1.807, 2.05) is 24.1 Å². The minimum absolute atomic E-state index is 0.375. The number of carbonyl (C=O) groups is 1. The summed E-state index contributed by atoms with van der Waals surface area (Å²) in [5, 5.41) is 8.78. The average Bonchev–Trinajstić information content (AvgIpc) is 2.46. The first kappa shape index (κ1) is 13.4. The number of primary amides is 1. The van der Waals surface area contributed by atoms with E-state index in [0.29, 0.717) is 16.8 Å². The molecule has 0 radical (unpaired) electrons. The number of benzene rings is 2. The van der Waals surface area contributed by atoms with Crippen LogP contribution in [0.4, 0.5) is 17.1 Å². The second-order valence-corrected chi connectivity index (χ2v) is 4.36. The van der Waals surface area contributed by atoms with Crippen LogP contribution in [0.15, 0.2) is 42.5 Å². The van der Waals surface area contributed by atoms with Gasteiger partial charge in [-0.3, -0.25) is 4.79 Å². The summed E-state index contributed by atoms with van der Waals surface area (Å²) in [6.45, 7) is 0. The van der Waals surface area contributed by atoms with E-state index in [2.05, 4.69) is 6.07 Å². The molecule has 0 unspecified atom stereocenters. The van der Waals surface area contributed by atoms with Crippen molar-refractivity contribution in [1.82, 2.24) is 0 Å². The van der Waals surface area contributed by atoms with Crippen LogP contribution in [0.3, 0.4) is 0 Å². The van der Waals surface area contributed by atoms with Crippen molar-refractivity contribution in [2.75, 3.05) is 17.7 Å². The fourth-order valence-corrected chi connectivity index (χ4v) is 1.91. The first-order valence-corrected chi connectivity index (χ1v) is 5.96. The van der Waals surface area contributed by atoms with Gasteiger partial charge in [-0.25, -0.2) is 0 Å². The Morgan fingerprint density at radius 3 is 2.35 bits per heavy atom. The highest BCUT2D eigenvalue weighted by atomic mass is 16.1. The minimum atomic E-state index is -0.510. The Morgan fingerprint density at radius 1 is 1.20 bits per heavy atom. The van der Waals surface area contributed by atoms with Gasteiger partial charge >= 0.3 is 0 Å². The van der Waals surface area contributed by atoms with Crippen LogP contribution in [0.5, 0.6) is 0 Å². The zero-order valence-corrected chi connectivity index (χ0v) is 11.0. The highest BCUT2D eigenvalue weighted by Crippen LogP contribution is 2.29. The van der Waals surface area contributed by atoms with E-state index in [0.717, 1.165) is 11.4 Å². The molecular weight excluding hydrogens is 252 g/mol. The topological polar surface area (TPSA) is 96.1 Å². The van der Waals surface area contributed by atoms with Gasteiger partial charge in [0.25, 0.3) is 0 Å². The van der Waals surface area contributed by atoms with Gasteiger partial charge in [0.05, 0.1) is 23.0 Å². The van der Waals surface area contributed by atoms with Gasteiger partial charge in [0.2, 0.25) is 5.91 Å². The van der Waals surface area contributed by atoms with Gasteiger partial charge in [0, 0.05) is 18.3 Å². The Labute approximate surface area is 117 Å². The van der Waals surface area contributed by atoms with Gasteiger partial charge in [-0.1, -0.05) is 0 Å². The Hall–Kier alpha value is -3.00. The van der Waals surface area contributed by atoms with Gasteiger partial charge in [-0.2, -0.15) is 5.26 Å². The van der Waals surface area contributed by atoms with E-state index in [9.17, 15) is 4.79 Å². The summed E-state index contributed by atoms with van der Waals surface area (Å²) >= 11 is 0. The third-order valence-corrected chi connectivity index (χ3v) is 3.06.